The minimum Gasteiger partial charge on any atom is -0.468 e. The smallest absolute Gasteiger partial charge is 0.459 e. The molecule has 4 atom stereocenters. The van der Waals surface area contributed by atoms with Crippen molar-refractivity contribution in [2.75, 3.05) is 19.5 Å². The van der Waals surface area contributed by atoms with Gasteiger partial charge in [0.1, 0.15) is 29.6 Å². The van der Waals surface area contributed by atoms with Crippen LogP contribution in [0.5, 0.6) is 5.75 Å². The lowest BCUT2D eigenvalue weighted by atomic mass is 10.1. The maximum Gasteiger partial charge on any atom is 0.459 e. The molecule has 2 aromatic carbocycles. The third-order valence-corrected chi connectivity index (χ3v) is 8.12. The SMILES string of the molecule is COC(=O)[C@H](Cc1ccccc1)NP(=O)(OC[C@H]1C=C[C@@H](n2ccc3c(N)ncnc32)C1)Oc1ccccc1. The number of allylic oxidation sites excluding steroid dienone is 1. The molecule has 5 rings (SSSR count). The third-order valence-electron chi connectivity index (χ3n) is 6.56. The maximum atomic E-state index is 14.1. The number of aromatic nitrogens is 3. The number of carbonyl (C=O) groups excluding carboxylic acids is 1. The van der Waals surface area contributed by atoms with Gasteiger partial charge in [-0.2, -0.15) is 5.09 Å². The fourth-order valence-electron chi connectivity index (χ4n) is 4.61. The largest absolute Gasteiger partial charge is 0.468 e. The lowest BCUT2D eigenvalue weighted by molar-refractivity contribution is -0.142. The summed E-state index contributed by atoms with van der Waals surface area (Å²) in [5, 5.41) is 3.64. The average Bonchev–Trinajstić information content (AvgIpc) is 3.60. The second-order valence-corrected chi connectivity index (χ2v) is 11.0. The summed E-state index contributed by atoms with van der Waals surface area (Å²) in [6, 6.07) is 19.1. The molecular formula is C28H30N5O5P. The molecule has 3 N–H and O–H groups in total. The Kier molecular flexibility index (Phi) is 8.07. The number of hydrogen-bond acceptors (Lipinski definition) is 8. The molecule has 0 saturated heterocycles. The van der Waals surface area contributed by atoms with Gasteiger partial charge in [-0.15, -0.1) is 0 Å². The summed E-state index contributed by atoms with van der Waals surface area (Å²) in [4.78, 5) is 21.1. The number of nitrogens with one attached hydrogen (secondary N) is 1. The Morgan fingerprint density at radius 1 is 1.10 bits per heavy atom. The van der Waals surface area contributed by atoms with Crippen LogP contribution in [0, 0.1) is 5.92 Å². The van der Waals surface area contributed by atoms with E-state index in [2.05, 4.69) is 21.1 Å². The molecule has 11 heteroatoms. The molecule has 1 unspecified atom stereocenters. The van der Waals surface area contributed by atoms with Crippen LogP contribution >= 0.6 is 7.75 Å². The van der Waals surface area contributed by atoms with E-state index >= 15 is 0 Å². The van der Waals surface area contributed by atoms with Crippen molar-refractivity contribution in [2.24, 2.45) is 5.92 Å². The topological polar surface area (TPSA) is 131 Å². The molecule has 0 spiro atoms. The first-order chi connectivity index (χ1) is 18.9. The molecule has 10 nitrogen and oxygen atoms in total. The molecule has 0 aliphatic heterocycles. The van der Waals surface area contributed by atoms with Crippen molar-refractivity contribution in [1.29, 1.82) is 0 Å². The summed E-state index contributed by atoms with van der Waals surface area (Å²) in [5.74, 6) is 0.168. The van der Waals surface area contributed by atoms with Crippen molar-refractivity contribution in [1.82, 2.24) is 19.6 Å². The van der Waals surface area contributed by atoms with E-state index in [1.807, 2.05) is 59.3 Å². The number of anilines is 1. The molecule has 0 saturated carbocycles. The number of esters is 1. The summed E-state index contributed by atoms with van der Waals surface area (Å²) < 4.78 is 32.9. The number of nitrogens with two attached hydrogens (primary N) is 1. The number of carbonyl (C=O) groups is 1. The van der Waals surface area contributed by atoms with Crippen LogP contribution in [0.15, 0.2) is 91.4 Å². The third kappa shape index (κ3) is 6.37. The van der Waals surface area contributed by atoms with Gasteiger partial charge in [0.15, 0.2) is 0 Å². The van der Waals surface area contributed by atoms with Gasteiger partial charge >= 0.3 is 13.7 Å². The zero-order valence-electron chi connectivity index (χ0n) is 21.4. The van der Waals surface area contributed by atoms with Crippen molar-refractivity contribution in [3.8, 4) is 5.75 Å². The predicted octanol–water partition coefficient (Wildman–Crippen LogP) is 4.71. The molecule has 4 aromatic rings. The molecule has 0 radical (unpaired) electrons. The highest BCUT2D eigenvalue weighted by molar-refractivity contribution is 7.52. The van der Waals surface area contributed by atoms with Crippen molar-refractivity contribution >= 4 is 30.6 Å². The second kappa shape index (κ2) is 11.8. The Balaban J connectivity index is 1.31. The Labute approximate surface area is 226 Å². The van der Waals surface area contributed by atoms with Crippen LogP contribution in [0.3, 0.4) is 0 Å². The van der Waals surface area contributed by atoms with E-state index in [-0.39, 0.29) is 25.0 Å². The van der Waals surface area contributed by atoms with E-state index in [4.69, 9.17) is 19.5 Å². The Bertz CT molecular complexity index is 1490. The molecule has 0 bridgehead atoms. The molecule has 2 heterocycles. The van der Waals surface area contributed by atoms with Crippen LogP contribution < -0.4 is 15.3 Å². The summed E-state index contributed by atoms with van der Waals surface area (Å²) in [6.45, 7) is 0.111. The van der Waals surface area contributed by atoms with Gasteiger partial charge in [-0.3, -0.25) is 9.32 Å². The van der Waals surface area contributed by atoms with Gasteiger partial charge in [-0.1, -0.05) is 60.7 Å². The number of methoxy groups -OCH3 is 1. The zero-order valence-corrected chi connectivity index (χ0v) is 22.3. The number of benzene rings is 2. The lowest BCUT2D eigenvalue weighted by Crippen LogP contribution is -2.39. The fourth-order valence-corrected chi connectivity index (χ4v) is 6.15. The van der Waals surface area contributed by atoms with Crippen LogP contribution in [0.2, 0.25) is 0 Å². The van der Waals surface area contributed by atoms with Crippen LogP contribution in [0.25, 0.3) is 11.0 Å². The second-order valence-electron chi connectivity index (χ2n) is 9.26. The molecule has 1 aliphatic rings. The van der Waals surface area contributed by atoms with E-state index in [0.29, 0.717) is 18.0 Å². The van der Waals surface area contributed by atoms with E-state index in [1.165, 1.54) is 13.4 Å². The monoisotopic (exact) mass is 547 g/mol. The highest BCUT2D eigenvalue weighted by Gasteiger charge is 2.36. The normalized spacial score (nSPS) is 19.0. The van der Waals surface area contributed by atoms with Crippen LogP contribution in [-0.2, 0) is 25.0 Å². The van der Waals surface area contributed by atoms with Crippen molar-refractivity contribution in [3.05, 3.63) is 97.0 Å². The van der Waals surface area contributed by atoms with E-state index in [1.54, 1.807) is 24.3 Å². The van der Waals surface area contributed by atoms with Gasteiger partial charge in [0.25, 0.3) is 0 Å². The minimum atomic E-state index is -4.01. The Morgan fingerprint density at radius 2 is 1.85 bits per heavy atom. The number of fused-ring (bicyclic) bond motifs is 1. The minimum absolute atomic E-state index is 0.0219. The van der Waals surface area contributed by atoms with Crippen LogP contribution in [0.4, 0.5) is 5.82 Å². The maximum absolute atomic E-state index is 14.1. The number of rotatable bonds is 11. The summed E-state index contributed by atoms with van der Waals surface area (Å²) in [7, 11) is -2.72. The predicted molar refractivity (Wildman–Crippen MR) is 148 cm³/mol. The van der Waals surface area contributed by atoms with Gasteiger partial charge < -0.3 is 19.6 Å². The molecule has 2 aromatic heterocycles. The quantitative estimate of drug-likeness (QED) is 0.156. The van der Waals surface area contributed by atoms with Gasteiger partial charge in [-0.05, 0) is 36.6 Å². The standard InChI is InChI=1S/C28H30N5O5P/c1-36-28(34)25(17-20-8-4-2-5-9-20)32-39(35,38-23-10-6-3-7-11-23)37-18-21-12-13-22(16-21)33-15-14-24-26(29)30-19-31-27(24)33/h2-15,19,21-22,25H,16-18H2,1H3,(H,32,35)(H2,29,30,31)/t21-,22+,25-,39?/m0/s1. The van der Waals surface area contributed by atoms with E-state index in [0.717, 1.165) is 16.6 Å². The highest BCUT2D eigenvalue weighted by atomic mass is 31.2. The Hall–Kier alpha value is -3.98. The highest BCUT2D eigenvalue weighted by Crippen LogP contribution is 2.46. The van der Waals surface area contributed by atoms with E-state index < -0.39 is 19.8 Å². The molecule has 1 aliphatic carbocycles. The molecule has 202 valence electrons. The van der Waals surface area contributed by atoms with Crippen LogP contribution in [0.1, 0.15) is 18.0 Å². The van der Waals surface area contributed by atoms with Gasteiger partial charge in [0.05, 0.1) is 25.1 Å². The van der Waals surface area contributed by atoms with Gasteiger partial charge in [-0.25, -0.2) is 14.5 Å². The average molecular weight is 548 g/mol. The first-order valence-corrected chi connectivity index (χ1v) is 14.1. The number of hydrogen-bond donors (Lipinski definition) is 2. The number of nitrogens with zero attached hydrogens (tertiary/aromatic N) is 3. The number of para-hydroxylation sites is 1. The first-order valence-electron chi connectivity index (χ1n) is 12.6. The summed E-state index contributed by atoms with van der Waals surface area (Å²) in [5.41, 5.74) is 7.61. The fraction of sp³-hybridized carbons (Fsp3) is 0.250. The van der Waals surface area contributed by atoms with Crippen molar-refractivity contribution in [2.45, 2.75) is 24.9 Å². The first kappa shape index (κ1) is 26.6. The van der Waals surface area contributed by atoms with Crippen LogP contribution in [-0.4, -0.2) is 40.3 Å². The molecular weight excluding hydrogens is 517 g/mol. The van der Waals surface area contributed by atoms with E-state index in [9.17, 15) is 9.36 Å². The van der Waals surface area contributed by atoms with Crippen molar-refractivity contribution < 1.29 is 23.1 Å². The summed E-state index contributed by atoms with van der Waals surface area (Å²) >= 11 is 0. The van der Waals surface area contributed by atoms with Gasteiger partial charge in [0, 0.05) is 12.1 Å². The molecule has 0 fully saturated rings. The van der Waals surface area contributed by atoms with Crippen molar-refractivity contribution in [3.63, 3.8) is 0 Å². The zero-order chi connectivity index (χ0) is 27.2. The number of ether oxygens (including phenoxy) is 1. The Morgan fingerprint density at radius 3 is 2.59 bits per heavy atom. The number of nitrogen functional groups attached to an aromatic ring is 1. The summed E-state index contributed by atoms with van der Waals surface area (Å²) in [6.07, 6.45) is 8.41. The molecule has 0 amide bonds. The lowest BCUT2D eigenvalue weighted by Gasteiger charge is -2.25. The van der Waals surface area contributed by atoms with Gasteiger partial charge in [0.2, 0.25) is 0 Å². The molecule has 39 heavy (non-hydrogen) atoms.